The van der Waals surface area contributed by atoms with Crippen LogP contribution < -0.4 is 5.32 Å². The van der Waals surface area contributed by atoms with Crippen molar-refractivity contribution in [2.24, 2.45) is 5.92 Å². The number of likely N-dealkylation sites (tertiary alicyclic amines) is 1. The molecular weight excluding hydrogens is 292 g/mol. The molecule has 0 spiro atoms. The van der Waals surface area contributed by atoms with Gasteiger partial charge in [-0.3, -0.25) is 4.79 Å². The zero-order valence-electron chi connectivity index (χ0n) is 13.0. The number of fused-ring (bicyclic) bond motifs is 1. The molecular formula is C17H22N4O2. The van der Waals surface area contributed by atoms with Crippen LogP contribution in [-0.2, 0) is 4.79 Å². The monoisotopic (exact) mass is 314 g/mol. The Kier molecular flexibility index (Phi) is 4.62. The number of nitrogens with zero attached hydrogens (tertiary/aromatic N) is 2. The number of carbonyl (C=O) groups excluding carboxylic acids is 1. The zero-order chi connectivity index (χ0) is 16.2. The van der Waals surface area contributed by atoms with Crippen LogP contribution in [-0.4, -0.2) is 51.6 Å². The largest absolute Gasteiger partial charge is 0.394 e. The number of carbonyl (C=O) groups is 1. The summed E-state index contributed by atoms with van der Waals surface area (Å²) in [5, 5.41) is 14.2. The van der Waals surface area contributed by atoms with E-state index in [-0.39, 0.29) is 24.5 Å². The van der Waals surface area contributed by atoms with Crippen molar-refractivity contribution in [2.75, 3.05) is 25.0 Å². The number of aliphatic hydroxyl groups excluding tert-OH is 1. The van der Waals surface area contributed by atoms with Crippen LogP contribution in [0.4, 0.5) is 5.69 Å². The highest BCUT2D eigenvalue weighted by atomic mass is 16.3. The highest BCUT2D eigenvalue weighted by molar-refractivity contribution is 5.89. The smallest absolute Gasteiger partial charge is 0.246 e. The first kappa shape index (κ1) is 15.6. The topological polar surface area (TPSA) is 81.2 Å². The Morgan fingerprint density at radius 2 is 2.43 bits per heavy atom. The average molecular weight is 314 g/mol. The maximum atomic E-state index is 12.0. The maximum absolute atomic E-state index is 12.0. The van der Waals surface area contributed by atoms with Crippen LogP contribution >= 0.6 is 0 Å². The molecule has 6 nitrogen and oxygen atoms in total. The predicted molar refractivity (Wildman–Crippen MR) is 90.1 cm³/mol. The van der Waals surface area contributed by atoms with Crippen molar-refractivity contribution in [3.05, 3.63) is 37.2 Å². The van der Waals surface area contributed by atoms with Gasteiger partial charge in [0.15, 0.2) is 0 Å². The molecule has 2 aromatic rings. The lowest BCUT2D eigenvalue weighted by atomic mass is 9.89. The first-order valence-corrected chi connectivity index (χ1v) is 7.94. The Labute approximate surface area is 135 Å². The number of pyridine rings is 1. The second-order valence-electron chi connectivity index (χ2n) is 5.87. The van der Waals surface area contributed by atoms with Gasteiger partial charge in [0.25, 0.3) is 0 Å². The lowest BCUT2D eigenvalue weighted by molar-refractivity contribution is -0.132. The summed E-state index contributed by atoms with van der Waals surface area (Å²) in [5.41, 5.74) is 1.86. The van der Waals surface area contributed by atoms with E-state index in [1.807, 2.05) is 18.3 Å². The van der Waals surface area contributed by atoms with Gasteiger partial charge >= 0.3 is 0 Å². The quantitative estimate of drug-likeness (QED) is 0.735. The Morgan fingerprint density at radius 1 is 1.57 bits per heavy atom. The number of hydrogen-bond donors (Lipinski definition) is 3. The van der Waals surface area contributed by atoms with Crippen molar-refractivity contribution >= 4 is 22.6 Å². The van der Waals surface area contributed by atoms with E-state index in [9.17, 15) is 9.90 Å². The second-order valence-corrected chi connectivity index (χ2v) is 5.87. The molecule has 1 saturated heterocycles. The van der Waals surface area contributed by atoms with E-state index in [2.05, 4.69) is 21.9 Å². The fraction of sp³-hybridized carbons (Fsp3) is 0.412. The van der Waals surface area contributed by atoms with Crippen LogP contribution in [0.15, 0.2) is 37.2 Å². The van der Waals surface area contributed by atoms with E-state index in [4.69, 9.17) is 0 Å². The Hall–Kier alpha value is -2.34. The summed E-state index contributed by atoms with van der Waals surface area (Å²) >= 11 is 0. The minimum Gasteiger partial charge on any atom is -0.394 e. The van der Waals surface area contributed by atoms with Crippen LogP contribution in [0.3, 0.4) is 0 Å². The van der Waals surface area contributed by atoms with Gasteiger partial charge < -0.3 is 20.3 Å². The first-order valence-electron chi connectivity index (χ1n) is 7.94. The molecule has 2 atom stereocenters. The van der Waals surface area contributed by atoms with Crippen LogP contribution in [0.5, 0.6) is 0 Å². The summed E-state index contributed by atoms with van der Waals surface area (Å²) in [6.07, 6.45) is 6.88. The molecule has 0 radical (unpaired) electrons. The molecule has 0 aromatic carbocycles. The number of H-pyrrole nitrogens is 1. The van der Waals surface area contributed by atoms with Crippen molar-refractivity contribution in [3.63, 3.8) is 0 Å². The molecule has 3 heterocycles. The Morgan fingerprint density at radius 3 is 3.22 bits per heavy atom. The molecule has 2 aromatic heterocycles. The van der Waals surface area contributed by atoms with Crippen LogP contribution in [0.1, 0.15) is 12.8 Å². The normalized spacial score (nSPS) is 21.3. The zero-order valence-corrected chi connectivity index (χ0v) is 13.0. The van der Waals surface area contributed by atoms with E-state index >= 15 is 0 Å². The number of rotatable bonds is 5. The van der Waals surface area contributed by atoms with E-state index in [0.717, 1.165) is 29.6 Å². The number of aromatic amines is 1. The van der Waals surface area contributed by atoms with Gasteiger partial charge in [0.2, 0.25) is 5.91 Å². The summed E-state index contributed by atoms with van der Waals surface area (Å²) in [4.78, 5) is 21.1. The molecule has 122 valence electrons. The van der Waals surface area contributed by atoms with Gasteiger partial charge in [-0.2, -0.15) is 0 Å². The minimum absolute atomic E-state index is 0.0260. The molecule has 1 aliphatic rings. The predicted octanol–water partition coefficient (Wildman–Crippen LogP) is 1.76. The number of aliphatic hydroxyl groups is 1. The highest BCUT2D eigenvalue weighted by Gasteiger charge is 2.32. The standard InChI is InChI=1S/C17H22N4O2/c1-2-16(23)21-9-3-4-12(15(21)11-22)10-20-14-6-8-19-17-13(14)5-7-18-17/h2,5-8,12,15,22H,1,3-4,9-11H2,(H2,18,19,20). The lowest BCUT2D eigenvalue weighted by Gasteiger charge is -2.40. The minimum atomic E-state index is -0.162. The van der Waals surface area contributed by atoms with Crippen LogP contribution in [0.2, 0.25) is 0 Å². The number of aromatic nitrogens is 2. The molecule has 1 aliphatic heterocycles. The highest BCUT2D eigenvalue weighted by Crippen LogP contribution is 2.26. The van der Waals surface area contributed by atoms with Crippen molar-refractivity contribution < 1.29 is 9.90 Å². The molecule has 6 heteroatoms. The van der Waals surface area contributed by atoms with Gasteiger partial charge in [-0.05, 0) is 37.0 Å². The van der Waals surface area contributed by atoms with E-state index in [1.165, 1.54) is 6.08 Å². The first-order chi connectivity index (χ1) is 11.2. The third-order valence-corrected chi connectivity index (χ3v) is 4.58. The molecule has 1 amide bonds. The Bertz CT molecular complexity index is 697. The van der Waals surface area contributed by atoms with Gasteiger partial charge in [-0.15, -0.1) is 0 Å². The summed E-state index contributed by atoms with van der Waals surface area (Å²) in [5.74, 6) is 0.102. The molecule has 2 unspecified atom stereocenters. The molecule has 0 aliphatic carbocycles. The van der Waals surface area contributed by atoms with Crippen molar-refractivity contribution in [3.8, 4) is 0 Å². The average Bonchev–Trinajstić information content (AvgIpc) is 3.08. The second kappa shape index (κ2) is 6.83. The lowest BCUT2D eigenvalue weighted by Crippen LogP contribution is -2.51. The summed E-state index contributed by atoms with van der Waals surface area (Å²) in [7, 11) is 0. The van der Waals surface area contributed by atoms with Crippen LogP contribution in [0, 0.1) is 5.92 Å². The van der Waals surface area contributed by atoms with Gasteiger partial charge in [0.1, 0.15) is 5.65 Å². The third-order valence-electron chi connectivity index (χ3n) is 4.58. The maximum Gasteiger partial charge on any atom is 0.246 e. The van der Waals surface area contributed by atoms with Gasteiger partial charge in [-0.25, -0.2) is 4.98 Å². The summed E-state index contributed by atoms with van der Waals surface area (Å²) < 4.78 is 0. The van der Waals surface area contributed by atoms with Gasteiger partial charge in [0.05, 0.1) is 12.6 Å². The number of amides is 1. The fourth-order valence-electron chi connectivity index (χ4n) is 3.37. The molecule has 23 heavy (non-hydrogen) atoms. The number of anilines is 1. The third kappa shape index (κ3) is 3.07. The number of nitrogens with one attached hydrogen (secondary N) is 2. The molecule has 3 N–H and O–H groups in total. The molecule has 1 fully saturated rings. The SMILES string of the molecule is C=CC(=O)N1CCCC(CNc2ccnc3[nH]ccc23)C1CO. The molecule has 0 bridgehead atoms. The summed E-state index contributed by atoms with van der Waals surface area (Å²) in [6.45, 7) is 4.92. The van der Waals surface area contributed by atoms with Gasteiger partial charge in [-0.1, -0.05) is 6.58 Å². The Balaban J connectivity index is 1.72. The van der Waals surface area contributed by atoms with Gasteiger partial charge in [0, 0.05) is 36.6 Å². The molecule has 3 rings (SSSR count). The fourth-order valence-corrected chi connectivity index (χ4v) is 3.37. The van der Waals surface area contributed by atoms with Crippen LogP contribution in [0.25, 0.3) is 11.0 Å². The van der Waals surface area contributed by atoms with Crippen molar-refractivity contribution in [1.29, 1.82) is 0 Å². The van der Waals surface area contributed by atoms with E-state index in [1.54, 1.807) is 11.1 Å². The van der Waals surface area contributed by atoms with E-state index < -0.39 is 0 Å². The number of hydrogen-bond acceptors (Lipinski definition) is 4. The van der Waals surface area contributed by atoms with E-state index in [0.29, 0.717) is 13.1 Å². The van der Waals surface area contributed by atoms with Crippen molar-refractivity contribution in [1.82, 2.24) is 14.9 Å². The number of piperidine rings is 1. The molecule has 0 saturated carbocycles. The van der Waals surface area contributed by atoms with Crippen molar-refractivity contribution in [2.45, 2.75) is 18.9 Å². The summed E-state index contributed by atoms with van der Waals surface area (Å²) in [6, 6.07) is 3.77.